The first-order valence-corrected chi connectivity index (χ1v) is 8.83. The van der Waals surface area contributed by atoms with Gasteiger partial charge in [-0.3, -0.25) is 9.48 Å². The molecule has 7 heteroatoms. The number of carbonyl (C=O) groups excluding carboxylic acids is 1. The molecule has 0 bridgehead atoms. The number of para-hydroxylation sites is 2. The highest BCUT2D eigenvalue weighted by atomic mass is 32.1. The summed E-state index contributed by atoms with van der Waals surface area (Å²) in [6.45, 7) is 2.98. The number of aromatic nitrogens is 2. The zero-order valence-corrected chi connectivity index (χ0v) is 14.5. The van der Waals surface area contributed by atoms with E-state index in [0.717, 1.165) is 17.1 Å². The number of thiophene rings is 1. The second-order valence-corrected chi connectivity index (χ2v) is 6.80. The van der Waals surface area contributed by atoms with Crippen molar-refractivity contribution in [3.8, 4) is 11.5 Å². The van der Waals surface area contributed by atoms with Gasteiger partial charge in [0.05, 0.1) is 23.3 Å². The van der Waals surface area contributed by atoms with Crippen LogP contribution in [-0.2, 0) is 6.54 Å². The van der Waals surface area contributed by atoms with E-state index in [1.807, 2.05) is 42.6 Å². The molecule has 0 saturated carbocycles. The van der Waals surface area contributed by atoms with Crippen molar-refractivity contribution >= 4 is 22.9 Å². The third-order valence-corrected chi connectivity index (χ3v) is 4.85. The molecule has 25 heavy (non-hydrogen) atoms. The van der Waals surface area contributed by atoms with Gasteiger partial charge < -0.3 is 14.8 Å². The van der Waals surface area contributed by atoms with Crippen molar-refractivity contribution in [1.82, 2.24) is 9.78 Å². The Labute approximate surface area is 149 Å². The smallest absolute Gasteiger partial charge is 0.265 e. The molecule has 1 amide bonds. The molecule has 2 aromatic heterocycles. The lowest BCUT2D eigenvalue weighted by molar-refractivity contribution is 0.0759. The molecule has 0 aliphatic carbocycles. The number of hydrogen-bond donors (Lipinski definition) is 1. The van der Waals surface area contributed by atoms with Gasteiger partial charge in [-0.05, 0) is 36.1 Å². The van der Waals surface area contributed by atoms with Crippen LogP contribution in [-0.4, -0.2) is 28.4 Å². The number of ether oxygens (including phenoxy) is 2. The number of nitrogens with zero attached hydrogens (tertiary/aromatic N) is 2. The number of carbonyl (C=O) groups is 1. The molecule has 0 radical (unpaired) electrons. The molecule has 6 nitrogen and oxygen atoms in total. The van der Waals surface area contributed by atoms with Crippen molar-refractivity contribution in [3.05, 3.63) is 58.5 Å². The SMILES string of the molecule is Cc1csc(C(=O)Nc2cnn(CC3COc4ccccc4O3)c2)c1. The summed E-state index contributed by atoms with van der Waals surface area (Å²) in [5.41, 5.74) is 1.74. The number of nitrogens with one attached hydrogen (secondary N) is 1. The molecule has 128 valence electrons. The average Bonchev–Trinajstić information content (AvgIpc) is 3.24. The number of anilines is 1. The van der Waals surface area contributed by atoms with Crippen LogP contribution in [0.5, 0.6) is 11.5 Å². The van der Waals surface area contributed by atoms with E-state index in [1.54, 1.807) is 17.1 Å². The zero-order chi connectivity index (χ0) is 17.2. The van der Waals surface area contributed by atoms with Gasteiger partial charge in [0.2, 0.25) is 0 Å². The third kappa shape index (κ3) is 3.51. The molecule has 1 atom stereocenters. The summed E-state index contributed by atoms with van der Waals surface area (Å²) in [5, 5.41) is 9.10. The van der Waals surface area contributed by atoms with Gasteiger partial charge in [0.25, 0.3) is 5.91 Å². The molecule has 0 spiro atoms. The molecule has 1 aliphatic rings. The van der Waals surface area contributed by atoms with Crippen molar-refractivity contribution < 1.29 is 14.3 Å². The molecule has 0 fully saturated rings. The summed E-state index contributed by atoms with van der Waals surface area (Å²) in [6.07, 6.45) is 3.30. The number of hydrogen-bond acceptors (Lipinski definition) is 5. The molecule has 1 N–H and O–H groups in total. The van der Waals surface area contributed by atoms with Crippen LogP contribution < -0.4 is 14.8 Å². The largest absolute Gasteiger partial charge is 0.486 e. The number of fused-ring (bicyclic) bond motifs is 1. The Morgan fingerprint density at radius 1 is 1.40 bits per heavy atom. The maximum absolute atomic E-state index is 12.2. The van der Waals surface area contributed by atoms with E-state index in [1.165, 1.54) is 11.3 Å². The van der Waals surface area contributed by atoms with E-state index in [9.17, 15) is 4.79 Å². The zero-order valence-electron chi connectivity index (χ0n) is 13.6. The summed E-state index contributed by atoms with van der Waals surface area (Å²) < 4.78 is 13.4. The van der Waals surface area contributed by atoms with Crippen LogP contribution in [0.15, 0.2) is 48.1 Å². The van der Waals surface area contributed by atoms with E-state index >= 15 is 0 Å². The number of aryl methyl sites for hydroxylation is 1. The summed E-state index contributed by atoms with van der Waals surface area (Å²) >= 11 is 1.43. The molecule has 1 aliphatic heterocycles. The lowest BCUT2D eigenvalue weighted by atomic mass is 10.2. The number of benzene rings is 1. The predicted molar refractivity (Wildman–Crippen MR) is 95.6 cm³/mol. The van der Waals surface area contributed by atoms with Crippen molar-refractivity contribution in [2.24, 2.45) is 0 Å². The Morgan fingerprint density at radius 3 is 3.04 bits per heavy atom. The number of rotatable bonds is 4. The first-order chi connectivity index (χ1) is 12.2. The first kappa shape index (κ1) is 15.7. The van der Waals surface area contributed by atoms with Crippen molar-refractivity contribution in [1.29, 1.82) is 0 Å². The van der Waals surface area contributed by atoms with Crippen LogP contribution in [0.4, 0.5) is 5.69 Å². The first-order valence-electron chi connectivity index (χ1n) is 7.95. The Bertz CT molecular complexity index is 902. The van der Waals surface area contributed by atoms with Gasteiger partial charge in [0.1, 0.15) is 6.61 Å². The van der Waals surface area contributed by atoms with E-state index in [4.69, 9.17) is 9.47 Å². The van der Waals surface area contributed by atoms with Gasteiger partial charge >= 0.3 is 0 Å². The quantitative estimate of drug-likeness (QED) is 0.779. The Morgan fingerprint density at radius 2 is 2.24 bits per heavy atom. The minimum Gasteiger partial charge on any atom is -0.486 e. The summed E-state index contributed by atoms with van der Waals surface area (Å²) in [7, 11) is 0. The Hall–Kier alpha value is -2.80. The van der Waals surface area contributed by atoms with Crippen molar-refractivity contribution in [2.75, 3.05) is 11.9 Å². The lowest BCUT2D eigenvalue weighted by Crippen LogP contribution is -2.33. The highest BCUT2D eigenvalue weighted by molar-refractivity contribution is 7.12. The fourth-order valence-electron chi connectivity index (χ4n) is 2.63. The molecule has 4 rings (SSSR count). The van der Waals surface area contributed by atoms with Gasteiger partial charge in [-0.1, -0.05) is 12.1 Å². The molecule has 1 aromatic carbocycles. The molecular weight excluding hydrogens is 338 g/mol. The molecule has 3 heterocycles. The van der Waals surface area contributed by atoms with E-state index < -0.39 is 0 Å². The van der Waals surface area contributed by atoms with E-state index in [-0.39, 0.29) is 12.0 Å². The van der Waals surface area contributed by atoms with Crippen LogP contribution in [0.25, 0.3) is 0 Å². The maximum Gasteiger partial charge on any atom is 0.265 e. The topological polar surface area (TPSA) is 65.4 Å². The van der Waals surface area contributed by atoms with Crippen LogP contribution in [0.2, 0.25) is 0 Å². The molecule has 3 aromatic rings. The van der Waals surface area contributed by atoms with Gasteiger partial charge in [-0.15, -0.1) is 11.3 Å². The van der Waals surface area contributed by atoms with Gasteiger partial charge in [-0.25, -0.2) is 0 Å². The summed E-state index contributed by atoms with van der Waals surface area (Å²) in [5.74, 6) is 1.38. The van der Waals surface area contributed by atoms with Crippen molar-refractivity contribution in [2.45, 2.75) is 19.6 Å². The lowest BCUT2D eigenvalue weighted by Gasteiger charge is -2.26. The maximum atomic E-state index is 12.2. The number of amides is 1. The monoisotopic (exact) mass is 355 g/mol. The summed E-state index contributed by atoms with van der Waals surface area (Å²) in [4.78, 5) is 12.9. The molecule has 0 saturated heterocycles. The standard InChI is InChI=1S/C18H17N3O3S/c1-12-6-17(25-11-12)18(22)20-13-7-19-21(8-13)9-14-10-23-15-4-2-3-5-16(15)24-14/h2-8,11,14H,9-10H2,1H3,(H,20,22). The Kier molecular flexibility index (Phi) is 4.15. The highest BCUT2D eigenvalue weighted by Gasteiger charge is 2.21. The van der Waals surface area contributed by atoms with Crippen molar-refractivity contribution in [3.63, 3.8) is 0 Å². The van der Waals surface area contributed by atoms with Crippen LogP contribution >= 0.6 is 11.3 Å². The molecule has 1 unspecified atom stereocenters. The van der Waals surface area contributed by atoms with E-state index in [0.29, 0.717) is 23.7 Å². The van der Waals surface area contributed by atoms with Gasteiger partial charge in [0, 0.05) is 6.20 Å². The summed E-state index contributed by atoms with van der Waals surface area (Å²) in [6, 6.07) is 9.48. The third-order valence-electron chi connectivity index (χ3n) is 3.80. The normalized spacial score (nSPS) is 15.8. The van der Waals surface area contributed by atoms with Crippen LogP contribution in [0, 0.1) is 6.92 Å². The fraction of sp³-hybridized carbons (Fsp3) is 0.222. The minimum absolute atomic E-state index is 0.121. The Balaban J connectivity index is 1.38. The molecular formula is C18H17N3O3S. The fourth-order valence-corrected chi connectivity index (χ4v) is 3.43. The van der Waals surface area contributed by atoms with Gasteiger partial charge in [0.15, 0.2) is 17.6 Å². The highest BCUT2D eigenvalue weighted by Crippen LogP contribution is 2.31. The average molecular weight is 355 g/mol. The van der Waals surface area contributed by atoms with E-state index in [2.05, 4.69) is 10.4 Å². The second-order valence-electron chi connectivity index (χ2n) is 5.89. The minimum atomic E-state index is -0.127. The van der Waals surface area contributed by atoms with Crippen LogP contribution in [0.3, 0.4) is 0 Å². The predicted octanol–water partition coefficient (Wildman–Crippen LogP) is 3.35. The van der Waals surface area contributed by atoms with Crippen LogP contribution in [0.1, 0.15) is 15.2 Å². The van der Waals surface area contributed by atoms with Gasteiger partial charge in [-0.2, -0.15) is 5.10 Å². The second kappa shape index (κ2) is 6.60.